The highest BCUT2D eigenvalue weighted by atomic mass is 79.9. The number of carbonyl (C=O) groups excluding carboxylic acids is 1. The van der Waals surface area contributed by atoms with Crippen LogP contribution in [0.15, 0.2) is 22.7 Å². The van der Waals surface area contributed by atoms with Crippen LogP contribution in [0.3, 0.4) is 0 Å². The molecule has 0 bridgehead atoms. The minimum Gasteiger partial charge on any atom is -0.496 e. The van der Waals surface area contributed by atoms with E-state index in [9.17, 15) is 4.79 Å². The van der Waals surface area contributed by atoms with Crippen LogP contribution in [0.2, 0.25) is 0 Å². The molecule has 0 N–H and O–H groups in total. The molecule has 15 heavy (non-hydrogen) atoms. The third-order valence-corrected chi connectivity index (χ3v) is 3.76. The zero-order valence-electron chi connectivity index (χ0n) is 8.59. The van der Waals surface area contributed by atoms with Gasteiger partial charge < -0.3 is 4.74 Å². The lowest BCUT2D eigenvalue weighted by atomic mass is 10.1. The predicted molar refractivity (Wildman–Crippen MR) is 68.0 cm³/mol. The highest BCUT2D eigenvalue weighted by Gasteiger charge is 2.15. The average molecular weight is 336 g/mol. The molecule has 0 aliphatic heterocycles. The number of hydrogen-bond acceptors (Lipinski definition) is 2. The number of methoxy groups -OCH3 is 1. The number of benzene rings is 1. The summed E-state index contributed by atoms with van der Waals surface area (Å²) < 4.78 is 5.89. The summed E-state index contributed by atoms with van der Waals surface area (Å²) in [6, 6.07) is 5.34. The van der Waals surface area contributed by atoms with E-state index in [1.807, 2.05) is 6.92 Å². The van der Waals surface area contributed by atoms with E-state index >= 15 is 0 Å². The second kappa shape index (κ2) is 5.66. The van der Waals surface area contributed by atoms with Gasteiger partial charge in [-0.15, -0.1) is 0 Å². The van der Waals surface area contributed by atoms with E-state index in [2.05, 4.69) is 31.9 Å². The first-order valence-corrected chi connectivity index (χ1v) is 6.32. The summed E-state index contributed by atoms with van der Waals surface area (Å²) in [4.78, 5) is 11.7. The molecule has 1 aromatic carbocycles. The number of rotatable bonds is 4. The van der Waals surface area contributed by atoms with E-state index in [1.54, 1.807) is 25.3 Å². The zero-order valence-corrected chi connectivity index (χ0v) is 11.8. The van der Waals surface area contributed by atoms with Gasteiger partial charge >= 0.3 is 0 Å². The molecule has 0 aromatic heterocycles. The number of alkyl halides is 1. The minimum absolute atomic E-state index is 0.0980. The van der Waals surface area contributed by atoms with E-state index in [4.69, 9.17) is 4.74 Å². The maximum absolute atomic E-state index is 11.8. The van der Waals surface area contributed by atoms with Gasteiger partial charge in [0.1, 0.15) is 5.75 Å². The smallest absolute Gasteiger partial charge is 0.176 e. The van der Waals surface area contributed by atoms with Crippen LogP contribution >= 0.6 is 31.9 Å². The van der Waals surface area contributed by atoms with Gasteiger partial charge in [-0.3, -0.25) is 4.79 Å². The third-order valence-electron chi connectivity index (χ3n) is 2.08. The fourth-order valence-corrected chi connectivity index (χ4v) is 1.99. The summed E-state index contributed by atoms with van der Waals surface area (Å²) in [6.07, 6.45) is 0.780. The van der Waals surface area contributed by atoms with Crippen molar-refractivity contribution in [3.05, 3.63) is 28.2 Å². The van der Waals surface area contributed by atoms with Crippen molar-refractivity contribution in [1.82, 2.24) is 0 Å². The van der Waals surface area contributed by atoms with Crippen LogP contribution in [0.1, 0.15) is 23.7 Å². The largest absolute Gasteiger partial charge is 0.496 e. The summed E-state index contributed by atoms with van der Waals surface area (Å²) in [7, 11) is 1.60. The van der Waals surface area contributed by atoms with Crippen molar-refractivity contribution < 1.29 is 9.53 Å². The molecule has 0 saturated carbocycles. The van der Waals surface area contributed by atoms with Crippen LogP contribution in [-0.2, 0) is 0 Å². The van der Waals surface area contributed by atoms with Gasteiger partial charge in [0, 0.05) is 5.56 Å². The maximum atomic E-state index is 11.8. The summed E-state index contributed by atoms with van der Waals surface area (Å²) in [5.41, 5.74) is 0.686. The second-order valence-electron chi connectivity index (χ2n) is 3.09. The fraction of sp³-hybridized carbons (Fsp3) is 0.364. The van der Waals surface area contributed by atoms with Crippen LogP contribution in [0.4, 0.5) is 0 Å². The number of carbonyl (C=O) groups is 1. The molecule has 0 fully saturated rings. The first-order chi connectivity index (χ1) is 7.10. The molecule has 4 heteroatoms. The standard InChI is InChI=1S/C11H12Br2O2/c1-3-8(12)11(14)7-4-5-10(15-2)9(13)6-7/h4-6,8H,3H2,1-2H3. The summed E-state index contributed by atoms with van der Waals surface area (Å²) in [5.74, 6) is 0.829. The van der Waals surface area contributed by atoms with Gasteiger partial charge in [0.25, 0.3) is 0 Å². The predicted octanol–water partition coefficient (Wildman–Crippen LogP) is 3.81. The minimum atomic E-state index is -0.113. The van der Waals surface area contributed by atoms with Crippen LogP contribution in [-0.4, -0.2) is 17.7 Å². The molecule has 0 saturated heterocycles. The molecule has 0 radical (unpaired) electrons. The van der Waals surface area contributed by atoms with Gasteiger partial charge in [0.05, 0.1) is 16.4 Å². The van der Waals surface area contributed by atoms with Gasteiger partial charge in [-0.2, -0.15) is 0 Å². The van der Waals surface area contributed by atoms with Crippen LogP contribution in [0.25, 0.3) is 0 Å². The SMILES string of the molecule is CCC(Br)C(=O)c1ccc(OC)c(Br)c1. The molecule has 0 amide bonds. The topological polar surface area (TPSA) is 26.3 Å². The van der Waals surface area contributed by atoms with Crippen molar-refractivity contribution in [3.8, 4) is 5.75 Å². The summed E-state index contributed by atoms with van der Waals surface area (Å²) in [6.45, 7) is 1.97. The number of halogens is 2. The van der Waals surface area contributed by atoms with E-state index in [1.165, 1.54) is 0 Å². The van der Waals surface area contributed by atoms with Gasteiger partial charge in [-0.25, -0.2) is 0 Å². The van der Waals surface area contributed by atoms with E-state index < -0.39 is 0 Å². The number of Topliss-reactive ketones (excluding diaryl/α,β-unsaturated/α-hetero) is 1. The molecule has 0 aliphatic rings. The molecular formula is C11H12Br2O2. The first-order valence-electron chi connectivity index (χ1n) is 4.62. The molecule has 1 atom stereocenters. The summed E-state index contributed by atoms with van der Waals surface area (Å²) in [5, 5.41) is 0. The lowest BCUT2D eigenvalue weighted by molar-refractivity contribution is 0.0990. The van der Waals surface area contributed by atoms with Crippen molar-refractivity contribution in [2.24, 2.45) is 0 Å². The quantitative estimate of drug-likeness (QED) is 0.617. The zero-order chi connectivity index (χ0) is 11.4. The number of ketones is 1. The van der Waals surface area contributed by atoms with Crippen molar-refractivity contribution in [1.29, 1.82) is 0 Å². The Kier molecular flexibility index (Phi) is 4.80. The molecule has 82 valence electrons. The van der Waals surface area contributed by atoms with E-state index in [-0.39, 0.29) is 10.6 Å². The molecular weight excluding hydrogens is 324 g/mol. The van der Waals surface area contributed by atoms with Gasteiger partial charge in [0.15, 0.2) is 5.78 Å². The van der Waals surface area contributed by atoms with Crippen molar-refractivity contribution >= 4 is 37.6 Å². The Morgan fingerprint density at radius 2 is 2.20 bits per heavy atom. The van der Waals surface area contributed by atoms with E-state index in [0.717, 1.165) is 16.6 Å². The molecule has 0 heterocycles. The van der Waals surface area contributed by atoms with E-state index in [0.29, 0.717) is 5.56 Å². The Hall–Kier alpha value is -0.350. The van der Waals surface area contributed by atoms with Crippen LogP contribution < -0.4 is 4.74 Å². The highest BCUT2D eigenvalue weighted by Crippen LogP contribution is 2.26. The lowest BCUT2D eigenvalue weighted by Crippen LogP contribution is -2.12. The first kappa shape index (κ1) is 12.7. The Bertz CT molecular complexity index is 364. The molecule has 2 nitrogen and oxygen atoms in total. The van der Waals surface area contributed by atoms with Crippen molar-refractivity contribution in [2.75, 3.05) is 7.11 Å². The van der Waals surface area contributed by atoms with Crippen molar-refractivity contribution in [2.45, 2.75) is 18.2 Å². The fourth-order valence-electron chi connectivity index (χ4n) is 1.19. The van der Waals surface area contributed by atoms with Crippen LogP contribution in [0, 0.1) is 0 Å². The molecule has 0 aliphatic carbocycles. The second-order valence-corrected chi connectivity index (χ2v) is 5.05. The third kappa shape index (κ3) is 3.05. The highest BCUT2D eigenvalue weighted by molar-refractivity contribution is 9.10. The lowest BCUT2D eigenvalue weighted by Gasteiger charge is -2.08. The van der Waals surface area contributed by atoms with Crippen LogP contribution in [0.5, 0.6) is 5.75 Å². The molecule has 1 aromatic rings. The van der Waals surface area contributed by atoms with Gasteiger partial charge in [-0.1, -0.05) is 22.9 Å². The monoisotopic (exact) mass is 334 g/mol. The average Bonchev–Trinajstić information content (AvgIpc) is 2.26. The Morgan fingerprint density at radius 1 is 1.53 bits per heavy atom. The van der Waals surface area contributed by atoms with Crippen molar-refractivity contribution in [3.63, 3.8) is 0 Å². The Morgan fingerprint density at radius 3 is 2.67 bits per heavy atom. The number of ether oxygens (including phenoxy) is 1. The van der Waals surface area contributed by atoms with Gasteiger partial charge in [0.2, 0.25) is 0 Å². The summed E-state index contributed by atoms with van der Waals surface area (Å²) >= 11 is 6.70. The normalized spacial score (nSPS) is 12.3. The number of hydrogen-bond donors (Lipinski definition) is 0. The Balaban J connectivity index is 2.97. The van der Waals surface area contributed by atoms with Gasteiger partial charge in [-0.05, 0) is 40.5 Å². The molecule has 1 rings (SSSR count). The maximum Gasteiger partial charge on any atom is 0.176 e. The molecule has 1 unspecified atom stereocenters. The Labute approximate surface area is 106 Å². The molecule has 0 spiro atoms.